The highest BCUT2D eigenvalue weighted by Gasteiger charge is 2.42. The number of benzene rings is 4. The van der Waals surface area contributed by atoms with Crippen LogP contribution in [0.5, 0.6) is 23.0 Å². The molecular weight excluding hydrogens is 700 g/mol. The molecule has 0 unspecified atom stereocenters. The van der Waals surface area contributed by atoms with E-state index in [1.54, 1.807) is 0 Å². The maximum absolute atomic E-state index is 13.1. The second kappa shape index (κ2) is 12.3. The van der Waals surface area contributed by atoms with Gasteiger partial charge in [-0.2, -0.15) is 26.4 Å². The van der Waals surface area contributed by atoms with Crippen molar-refractivity contribution >= 4 is 60.9 Å². The van der Waals surface area contributed by atoms with Gasteiger partial charge >= 0.3 is 43.6 Å². The van der Waals surface area contributed by atoms with Crippen LogP contribution in [0.15, 0.2) is 94.7 Å². The summed E-state index contributed by atoms with van der Waals surface area (Å²) >= 11 is 0. The van der Waals surface area contributed by atoms with Crippen LogP contribution in [0.1, 0.15) is 36.6 Å². The van der Waals surface area contributed by atoms with E-state index in [1.807, 2.05) is 0 Å². The molecule has 0 radical (unpaired) electrons. The fourth-order valence-corrected chi connectivity index (χ4v) is 6.53. The lowest BCUT2D eigenvalue weighted by molar-refractivity contribution is -0.132. The van der Waals surface area contributed by atoms with Gasteiger partial charge in [0.1, 0.15) is 32.8 Å². The van der Waals surface area contributed by atoms with E-state index >= 15 is 0 Å². The minimum absolute atomic E-state index is 0.0956. The predicted octanol–water partition coefficient (Wildman–Crippen LogP) is 2.00. The molecule has 0 aliphatic carbocycles. The number of esters is 2. The Kier molecular flexibility index (Phi) is 8.10. The van der Waals surface area contributed by atoms with Crippen molar-refractivity contribution in [2.75, 3.05) is 0 Å². The Morgan fingerprint density at radius 3 is 1.26 bits per heavy atom. The number of fused-ring (bicyclic) bond motifs is 2. The van der Waals surface area contributed by atoms with Gasteiger partial charge in [-0.25, -0.2) is 9.59 Å². The maximum Gasteiger partial charge on any atom is 0.446 e. The molecule has 2 aliphatic heterocycles. The van der Waals surface area contributed by atoms with E-state index in [9.17, 15) is 40.8 Å². The summed E-state index contributed by atoms with van der Waals surface area (Å²) in [6, 6.07) is 15.8. The second-order valence-electron chi connectivity index (χ2n) is 10.1. The number of rotatable bonds is 8. The van der Waals surface area contributed by atoms with Crippen LogP contribution >= 0.6 is 0 Å². The molecule has 2 aliphatic rings. The molecule has 0 atom stereocenters. The second-order valence-corrected chi connectivity index (χ2v) is 13.2. The Bertz CT molecular complexity index is 2370. The van der Waals surface area contributed by atoms with Crippen molar-refractivity contribution in [2.45, 2.75) is 9.79 Å². The monoisotopic (exact) mass is 714 g/mol. The number of nitrogens with zero attached hydrogens (tertiary/aromatic N) is 4. The minimum atomic E-state index is -4.54. The summed E-state index contributed by atoms with van der Waals surface area (Å²) in [5.74, 6) is -5.98. The van der Waals surface area contributed by atoms with Gasteiger partial charge in [-0.15, -0.1) is 0 Å². The van der Waals surface area contributed by atoms with Crippen molar-refractivity contribution in [3.05, 3.63) is 118 Å². The molecule has 248 valence electrons. The molecule has 0 aromatic heterocycles. The molecule has 50 heavy (non-hydrogen) atoms. The van der Waals surface area contributed by atoms with Crippen LogP contribution < -0.4 is 17.8 Å². The standard InChI is InChI=1S/C31H14N4O13S2/c32-34-25-28(37)21-13-19(9-11-23(21)45-30(25)39)49(41,42)47-17-5-1-15(2-6-17)27(36)16-3-7-18(8-4-16)48-50(43,44)20-10-12-24-22(14-20)29(38)26(35-33)31(40)46-24/h1-14H. The number of hydrogen-bond acceptors (Lipinski definition) is 13. The van der Waals surface area contributed by atoms with E-state index in [-0.39, 0.29) is 45.3 Å². The molecular formula is C31H14N4O13S2. The molecule has 4 aromatic carbocycles. The molecule has 0 amide bonds. The largest absolute Gasteiger partial charge is 0.446 e. The Balaban J connectivity index is 1.14. The summed E-state index contributed by atoms with van der Waals surface area (Å²) in [7, 11) is -9.08. The van der Waals surface area contributed by atoms with Crippen molar-refractivity contribution in [3.8, 4) is 23.0 Å². The third-order valence-electron chi connectivity index (χ3n) is 7.04. The number of carbonyl (C=O) groups excluding carboxylic acids is 5. The molecule has 19 heteroatoms. The number of hydrogen-bond donors (Lipinski definition) is 0. The topological polar surface area (TPSA) is 263 Å². The van der Waals surface area contributed by atoms with Gasteiger partial charge in [0.2, 0.25) is 0 Å². The molecule has 0 fully saturated rings. The highest BCUT2D eigenvalue weighted by molar-refractivity contribution is 7.87. The summed E-state index contributed by atoms with van der Waals surface area (Å²) < 4.78 is 71.5. The Morgan fingerprint density at radius 1 is 0.560 bits per heavy atom. The first-order chi connectivity index (χ1) is 23.7. The smallest absolute Gasteiger partial charge is 0.417 e. The van der Waals surface area contributed by atoms with Crippen LogP contribution in [0.25, 0.3) is 11.1 Å². The normalized spacial score (nSPS) is 14.0. The van der Waals surface area contributed by atoms with Crippen molar-refractivity contribution in [1.82, 2.24) is 0 Å². The van der Waals surface area contributed by atoms with Crippen LogP contribution in [0, 0.1) is 0 Å². The number of Topliss-reactive ketones (excluding diaryl/α,β-unsaturated/α-hetero) is 2. The summed E-state index contributed by atoms with van der Waals surface area (Å²) in [6.07, 6.45) is 0. The van der Waals surface area contributed by atoms with Gasteiger partial charge in [-0.05, 0) is 84.9 Å². The van der Waals surface area contributed by atoms with E-state index in [0.29, 0.717) is 0 Å². The first-order valence-corrected chi connectivity index (χ1v) is 16.4. The van der Waals surface area contributed by atoms with Gasteiger partial charge in [-0.3, -0.25) is 14.4 Å². The average molecular weight is 715 g/mol. The quantitative estimate of drug-likeness (QED) is 0.0632. The van der Waals surface area contributed by atoms with Crippen molar-refractivity contribution < 1.29 is 68.2 Å². The average Bonchev–Trinajstić information content (AvgIpc) is 3.08. The lowest BCUT2D eigenvalue weighted by Gasteiger charge is -2.13. The molecule has 6 rings (SSSR count). The van der Waals surface area contributed by atoms with Gasteiger partial charge in [0.15, 0.2) is 5.78 Å². The highest BCUT2D eigenvalue weighted by atomic mass is 32.2. The minimum Gasteiger partial charge on any atom is -0.417 e. The third-order valence-corrected chi connectivity index (χ3v) is 9.52. The third kappa shape index (κ3) is 5.98. The van der Waals surface area contributed by atoms with E-state index in [0.717, 1.165) is 36.4 Å². The zero-order chi connectivity index (χ0) is 36.0. The number of carbonyl (C=O) groups is 5. The molecule has 2 heterocycles. The number of ether oxygens (including phenoxy) is 2. The molecule has 0 bridgehead atoms. The molecule has 0 saturated heterocycles. The van der Waals surface area contributed by atoms with Crippen LogP contribution in [-0.4, -0.2) is 67.1 Å². The van der Waals surface area contributed by atoms with Gasteiger partial charge in [0.05, 0.1) is 11.1 Å². The molecule has 0 saturated carbocycles. The Labute approximate surface area is 279 Å². The van der Waals surface area contributed by atoms with E-state index in [4.69, 9.17) is 28.9 Å². The predicted molar refractivity (Wildman–Crippen MR) is 162 cm³/mol. The van der Waals surface area contributed by atoms with Gasteiger partial charge < -0.3 is 28.9 Å². The van der Waals surface area contributed by atoms with E-state index < -0.39 is 70.7 Å². The molecule has 4 aromatic rings. The van der Waals surface area contributed by atoms with Crippen molar-refractivity contribution in [3.63, 3.8) is 0 Å². The zero-order valence-electron chi connectivity index (χ0n) is 24.5. The lowest BCUT2D eigenvalue weighted by Crippen LogP contribution is -2.34. The number of ketones is 3. The van der Waals surface area contributed by atoms with Gasteiger partial charge in [-0.1, -0.05) is 0 Å². The first-order valence-electron chi connectivity index (χ1n) is 13.6. The molecule has 0 N–H and O–H groups in total. The Hall–Kier alpha value is -6.91. The fraction of sp³-hybridized carbons (Fsp3) is 0. The van der Waals surface area contributed by atoms with Gasteiger partial charge in [0, 0.05) is 11.1 Å². The van der Waals surface area contributed by atoms with Gasteiger partial charge in [0.25, 0.3) is 11.6 Å². The summed E-state index contributed by atoms with van der Waals surface area (Å²) in [6.45, 7) is 0. The maximum atomic E-state index is 13.1. The van der Waals surface area contributed by atoms with E-state index in [1.165, 1.54) is 48.5 Å². The van der Waals surface area contributed by atoms with Crippen LogP contribution in [0.2, 0.25) is 0 Å². The lowest BCUT2D eigenvalue weighted by atomic mass is 10.0. The van der Waals surface area contributed by atoms with Crippen LogP contribution in [0.3, 0.4) is 0 Å². The SMILES string of the molecule is [N-]=[N+]=C1C(=O)Oc2ccc(S(=O)(=O)Oc3ccc(C(=O)c4ccc(OS(=O)(=O)c5ccc6c(c5)C(=O)C(=[N+]=[N-])C(=O)O6)cc4)cc3)cc2C1=O. The van der Waals surface area contributed by atoms with Crippen LogP contribution in [0.4, 0.5) is 0 Å². The zero-order valence-corrected chi connectivity index (χ0v) is 26.1. The fourth-order valence-electron chi connectivity index (χ4n) is 4.61. The molecule has 0 spiro atoms. The first kappa shape index (κ1) is 33.0. The van der Waals surface area contributed by atoms with Crippen molar-refractivity contribution in [1.29, 1.82) is 0 Å². The molecule has 17 nitrogen and oxygen atoms in total. The summed E-state index contributed by atoms with van der Waals surface area (Å²) in [4.78, 5) is 65.5. The highest BCUT2D eigenvalue weighted by Crippen LogP contribution is 2.30. The Morgan fingerprint density at radius 2 is 0.920 bits per heavy atom. The summed E-state index contributed by atoms with van der Waals surface area (Å²) in [5.41, 5.74) is 15.4. The summed E-state index contributed by atoms with van der Waals surface area (Å²) in [5, 5.41) is 0. The van der Waals surface area contributed by atoms with Crippen molar-refractivity contribution in [2.24, 2.45) is 0 Å². The van der Waals surface area contributed by atoms with Crippen LogP contribution in [-0.2, 0) is 29.8 Å². The van der Waals surface area contributed by atoms with E-state index in [2.05, 4.69) is 9.58 Å².